The molecule has 1 rings (SSSR count). The number of anilines is 2. The van der Waals surface area contributed by atoms with Gasteiger partial charge in [-0.3, -0.25) is 0 Å². The molecule has 3 nitrogen and oxygen atoms in total. The Labute approximate surface area is 114 Å². The predicted molar refractivity (Wildman–Crippen MR) is 82.7 cm³/mol. The van der Waals surface area contributed by atoms with Crippen LogP contribution in [0.15, 0.2) is 18.2 Å². The molecule has 0 spiro atoms. The summed E-state index contributed by atoms with van der Waals surface area (Å²) in [6.45, 7) is 5.00. The van der Waals surface area contributed by atoms with Gasteiger partial charge in [-0.15, -0.1) is 0 Å². The van der Waals surface area contributed by atoms with Crippen molar-refractivity contribution < 1.29 is 4.74 Å². The first-order chi connectivity index (χ1) is 8.63. The van der Waals surface area contributed by atoms with Gasteiger partial charge < -0.3 is 15.8 Å². The molecule has 1 aromatic rings. The largest absolute Gasteiger partial charge is 0.489 e. The van der Waals surface area contributed by atoms with Crippen molar-refractivity contribution >= 4 is 23.1 Å². The number of hydrogen-bond acceptors (Lipinski definition) is 4. The van der Waals surface area contributed by atoms with Gasteiger partial charge in [-0.05, 0) is 50.8 Å². The Morgan fingerprint density at radius 2 is 2.11 bits per heavy atom. The lowest BCUT2D eigenvalue weighted by Gasteiger charge is -2.14. The van der Waals surface area contributed by atoms with Crippen LogP contribution >= 0.6 is 11.8 Å². The molecule has 0 saturated carbocycles. The third-order valence-corrected chi connectivity index (χ3v) is 3.18. The lowest BCUT2D eigenvalue weighted by atomic mass is 10.2. The van der Waals surface area contributed by atoms with Crippen molar-refractivity contribution in [3.05, 3.63) is 18.2 Å². The average molecular weight is 268 g/mol. The van der Waals surface area contributed by atoms with Gasteiger partial charge in [0.15, 0.2) is 0 Å². The van der Waals surface area contributed by atoms with E-state index < -0.39 is 0 Å². The number of rotatable bonds is 8. The number of unbranched alkanes of at least 4 members (excludes halogenated alkanes) is 1. The van der Waals surface area contributed by atoms with Gasteiger partial charge in [-0.25, -0.2) is 0 Å². The molecule has 0 aromatic heterocycles. The molecule has 1 aromatic carbocycles. The molecule has 0 unspecified atom stereocenters. The normalized spacial score (nSPS) is 10.7. The van der Waals surface area contributed by atoms with E-state index in [4.69, 9.17) is 10.5 Å². The van der Waals surface area contributed by atoms with Crippen LogP contribution < -0.4 is 15.8 Å². The number of hydrogen-bond donors (Lipinski definition) is 2. The van der Waals surface area contributed by atoms with Gasteiger partial charge in [0.2, 0.25) is 0 Å². The maximum Gasteiger partial charge on any atom is 0.144 e. The minimum absolute atomic E-state index is 0.143. The molecule has 0 fully saturated rings. The van der Waals surface area contributed by atoms with Gasteiger partial charge >= 0.3 is 0 Å². The van der Waals surface area contributed by atoms with Crippen molar-refractivity contribution in [2.75, 3.05) is 29.6 Å². The molecule has 4 heteroatoms. The minimum Gasteiger partial charge on any atom is -0.489 e. The van der Waals surface area contributed by atoms with E-state index >= 15 is 0 Å². The van der Waals surface area contributed by atoms with Crippen LogP contribution in [0.5, 0.6) is 5.75 Å². The summed E-state index contributed by atoms with van der Waals surface area (Å²) in [5, 5.41) is 3.40. The van der Waals surface area contributed by atoms with Crippen LogP contribution in [0.1, 0.15) is 26.7 Å². The zero-order valence-electron chi connectivity index (χ0n) is 11.5. The summed E-state index contributed by atoms with van der Waals surface area (Å²) in [7, 11) is 0. The van der Waals surface area contributed by atoms with Crippen LogP contribution in [0, 0.1) is 0 Å². The monoisotopic (exact) mass is 268 g/mol. The predicted octanol–water partition coefficient (Wildman–Crippen LogP) is 3.61. The summed E-state index contributed by atoms with van der Waals surface area (Å²) in [4.78, 5) is 0. The van der Waals surface area contributed by atoms with Gasteiger partial charge in [-0.1, -0.05) is 0 Å². The van der Waals surface area contributed by atoms with E-state index in [1.165, 1.54) is 18.6 Å². The summed E-state index contributed by atoms with van der Waals surface area (Å²) in [6, 6.07) is 5.86. The van der Waals surface area contributed by atoms with Crippen molar-refractivity contribution in [3.63, 3.8) is 0 Å². The molecule has 0 heterocycles. The number of nitrogen functional groups attached to an aromatic ring is 1. The maximum absolute atomic E-state index is 5.88. The van der Waals surface area contributed by atoms with Crippen LogP contribution in [0.2, 0.25) is 0 Å². The molecule has 0 bridgehead atoms. The lowest BCUT2D eigenvalue weighted by molar-refractivity contribution is 0.244. The standard InChI is InChI=1S/C14H24N2OS/c1-11(2)17-14-10-12(6-7-13(14)15)16-8-4-5-9-18-3/h6-7,10-11,16H,4-5,8-9,15H2,1-3H3. The summed E-state index contributed by atoms with van der Waals surface area (Å²) >= 11 is 1.89. The summed E-state index contributed by atoms with van der Waals surface area (Å²) in [6.07, 6.45) is 4.72. The molecule has 0 aliphatic rings. The molecular formula is C14H24N2OS. The van der Waals surface area contributed by atoms with Crippen LogP contribution in [0.3, 0.4) is 0 Å². The zero-order valence-corrected chi connectivity index (χ0v) is 12.3. The van der Waals surface area contributed by atoms with E-state index in [0.29, 0.717) is 5.69 Å². The first-order valence-corrected chi connectivity index (χ1v) is 7.82. The Morgan fingerprint density at radius 3 is 2.78 bits per heavy atom. The van der Waals surface area contributed by atoms with Gasteiger partial charge in [-0.2, -0.15) is 11.8 Å². The highest BCUT2D eigenvalue weighted by atomic mass is 32.2. The fourth-order valence-corrected chi connectivity index (χ4v) is 2.10. The molecule has 0 atom stereocenters. The highest BCUT2D eigenvalue weighted by Crippen LogP contribution is 2.26. The first kappa shape index (κ1) is 15.0. The Balaban J connectivity index is 2.46. The van der Waals surface area contributed by atoms with E-state index in [1.54, 1.807) is 0 Å². The fourth-order valence-electron chi connectivity index (χ4n) is 1.60. The first-order valence-electron chi connectivity index (χ1n) is 6.42. The van der Waals surface area contributed by atoms with E-state index in [1.807, 2.05) is 43.8 Å². The second-order valence-electron chi connectivity index (χ2n) is 4.55. The second-order valence-corrected chi connectivity index (χ2v) is 5.53. The minimum atomic E-state index is 0.143. The number of nitrogens with two attached hydrogens (primary N) is 1. The Kier molecular flexibility index (Phi) is 6.80. The van der Waals surface area contributed by atoms with Gasteiger partial charge in [0.25, 0.3) is 0 Å². The quantitative estimate of drug-likeness (QED) is 0.558. The molecular weight excluding hydrogens is 244 g/mol. The summed E-state index contributed by atoms with van der Waals surface area (Å²) in [5.41, 5.74) is 7.64. The van der Waals surface area contributed by atoms with Crippen LogP contribution in [0.4, 0.5) is 11.4 Å². The summed E-state index contributed by atoms with van der Waals surface area (Å²) in [5.74, 6) is 1.99. The number of benzene rings is 1. The maximum atomic E-state index is 5.88. The van der Waals surface area contributed by atoms with E-state index in [0.717, 1.165) is 18.0 Å². The van der Waals surface area contributed by atoms with Gasteiger partial charge in [0.1, 0.15) is 5.75 Å². The van der Waals surface area contributed by atoms with Crippen molar-refractivity contribution in [2.45, 2.75) is 32.8 Å². The Hall–Kier alpha value is -1.03. The SMILES string of the molecule is CSCCCCNc1ccc(N)c(OC(C)C)c1. The topological polar surface area (TPSA) is 47.3 Å². The van der Waals surface area contributed by atoms with Crippen molar-refractivity contribution in [3.8, 4) is 5.75 Å². The van der Waals surface area contributed by atoms with Crippen molar-refractivity contribution in [1.82, 2.24) is 0 Å². The van der Waals surface area contributed by atoms with Gasteiger partial charge in [0, 0.05) is 18.3 Å². The number of thioether (sulfide) groups is 1. The lowest BCUT2D eigenvalue weighted by Crippen LogP contribution is -2.08. The number of nitrogens with one attached hydrogen (secondary N) is 1. The van der Waals surface area contributed by atoms with E-state index in [9.17, 15) is 0 Å². The average Bonchev–Trinajstić information content (AvgIpc) is 2.32. The summed E-state index contributed by atoms with van der Waals surface area (Å²) < 4.78 is 5.66. The van der Waals surface area contributed by atoms with Crippen molar-refractivity contribution in [1.29, 1.82) is 0 Å². The van der Waals surface area contributed by atoms with E-state index in [-0.39, 0.29) is 6.10 Å². The van der Waals surface area contributed by atoms with Crippen LogP contribution in [-0.4, -0.2) is 24.7 Å². The Bertz CT molecular complexity index is 356. The highest BCUT2D eigenvalue weighted by molar-refractivity contribution is 7.98. The highest BCUT2D eigenvalue weighted by Gasteiger charge is 2.04. The molecule has 102 valence electrons. The molecule has 0 aliphatic carbocycles. The third-order valence-electron chi connectivity index (χ3n) is 2.48. The molecule has 0 saturated heterocycles. The number of ether oxygens (including phenoxy) is 1. The van der Waals surface area contributed by atoms with Crippen LogP contribution in [0.25, 0.3) is 0 Å². The fraction of sp³-hybridized carbons (Fsp3) is 0.571. The van der Waals surface area contributed by atoms with Gasteiger partial charge in [0.05, 0.1) is 11.8 Å². The molecule has 3 N–H and O–H groups in total. The molecule has 0 radical (unpaired) electrons. The van der Waals surface area contributed by atoms with Crippen molar-refractivity contribution in [2.24, 2.45) is 0 Å². The second kappa shape index (κ2) is 8.14. The Morgan fingerprint density at radius 1 is 1.33 bits per heavy atom. The molecule has 18 heavy (non-hydrogen) atoms. The smallest absolute Gasteiger partial charge is 0.144 e. The van der Waals surface area contributed by atoms with E-state index in [2.05, 4.69) is 11.6 Å². The van der Waals surface area contributed by atoms with Crippen LogP contribution in [-0.2, 0) is 0 Å². The molecule has 0 aliphatic heterocycles. The molecule has 0 amide bonds. The zero-order chi connectivity index (χ0) is 13.4. The third kappa shape index (κ3) is 5.54.